The Bertz CT molecular complexity index is 1180. The first-order valence-corrected chi connectivity index (χ1v) is 9.33. The van der Waals surface area contributed by atoms with Crippen molar-refractivity contribution < 1.29 is 24.3 Å². The summed E-state index contributed by atoms with van der Waals surface area (Å²) < 4.78 is 0. The van der Waals surface area contributed by atoms with Gasteiger partial charge in [-0.3, -0.25) is 19.3 Å². The Morgan fingerprint density at radius 1 is 0.767 bits per heavy atom. The average Bonchev–Trinajstić information content (AvgIpc) is 3.03. The summed E-state index contributed by atoms with van der Waals surface area (Å²) >= 11 is 0. The lowest BCUT2D eigenvalue weighted by Crippen LogP contribution is -2.32. The fourth-order valence-corrected chi connectivity index (χ4v) is 3.56. The molecule has 0 saturated heterocycles. The second-order valence-electron chi connectivity index (χ2n) is 7.04. The molecule has 2 amide bonds. The van der Waals surface area contributed by atoms with Gasteiger partial charge in [0.2, 0.25) is 0 Å². The number of carboxylic acids is 1. The molecule has 1 atom stereocenters. The predicted molar refractivity (Wildman–Crippen MR) is 109 cm³/mol. The van der Waals surface area contributed by atoms with Crippen LogP contribution < -0.4 is 0 Å². The Kier molecular flexibility index (Phi) is 4.75. The highest BCUT2D eigenvalue weighted by Gasteiger charge is 2.39. The highest BCUT2D eigenvalue weighted by molar-refractivity contribution is 6.22. The van der Waals surface area contributed by atoms with Gasteiger partial charge in [0, 0.05) is 11.1 Å². The van der Waals surface area contributed by atoms with Crippen molar-refractivity contribution in [1.82, 2.24) is 4.90 Å². The van der Waals surface area contributed by atoms with Gasteiger partial charge in [-0.15, -0.1) is 0 Å². The number of carbonyl (C=O) groups is 4. The van der Waals surface area contributed by atoms with Crippen molar-refractivity contribution in [1.29, 1.82) is 0 Å². The molecule has 0 spiro atoms. The van der Waals surface area contributed by atoms with Crippen molar-refractivity contribution in [3.05, 3.63) is 106 Å². The van der Waals surface area contributed by atoms with Crippen LogP contribution in [-0.4, -0.2) is 33.6 Å². The van der Waals surface area contributed by atoms with Gasteiger partial charge in [0.05, 0.1) is 22.7 Å². The molecule has 0 saturated carbocycles. The molecule has 30 heavy (non-hydrogen) atoms. The molecule has 3 aromatic rings. The van der Waals surface area contributed by atoms with Crippen LogP contribution in [0.2, 0.25) is 0 Å². The number of amides is 2. The lowest BCUT2D eigenvalue weighted by Gasteiger charge is -2.22. The fraction of sp³-hybridized carbons (Fsp3) is 0.0833. The monoisotopic (exact) mass is 399 g/mol. The number of benzene rings is 3. The van der Waals surface area contributed by atoms with Gasteiger partial charge < -0.3 is 5.11 Å². The first-order chi connectivity index (χ1) is 14.4. The van der Waals surface area contributed by atoms with Crippen molar-refractivity contribution in [2.45, 2.75) is 13.0 Å². The van der Waals surface area contributed by atoms with Crippen LogP contribution >= 0.6 is 0 Å². The summed E-state index contributed by atoms with van der Waals surface area (Å²) in [5.74, 6) is -2.27. The van der Waals surface area contributed by atoms with Crippen LogP contribution in [-0.2, 0) is 0 Å². The molecule has 6 heteroatoms. The Morgan fingerprint density at radius 3 is 1.97 bits per heavy atom. The van der Waals surface area contributed by atoms with Crippen LogP contribution in [0.4, 0.5) is 0 Å². The smallest absolute Gasteiger partial charge is 0.335 e. The van der Waals surface area contributed by atoms with Crippen LogP contribution in [0.1, 0.15) is 65.5 Å². The molecular formula is C24H17NO5. The van der Waals surface area contributed by atoms with Crippen LogP contribution in [0.3, 0.4) is 0 Å². The fourth-order valence-electron chi connectivity index (χ4n) is 3.56. The van der Waals surface area contributed by atoms with Crippen molar-refractivity contribution in [3.63, 3.8) is 0 Å². The van der Waals surface area contributed by atoms with Crippen LogP contribution in [0.5, 0.6) is 0 Å². The summed E-state index contributed by atoms with van der Waals surface area (Å²) in [6.45, 7) is 1.78. The quantitative estimate of drug-likeness (QED) is 0.518. The lowest BCUT2D eigenvalue weighted by atomic mass is 9.98. The third-order valence-electron chi connectivity index (χ3n) is 5.24. The second-order valence-corrected chi connectivity index (χ2v) is 7.04. The van der Waals surface area contributed by atoms with E-state index in [9.17, 15) is 19.2 Å². The average molecular weight is 399 g/mol. The zero-order valence-electron chi connectivity index (χ0n) is 16.0. The summed E-state index contributed by atoms with van der Waals surface area (Å²) in [4.78, 5) is 50.8. The van der Waals surface area contributed by atoms with E-state index in [4.69, 9.17) is 5.11 Å². The number of hydrogen-bond donors (Lipinski definition) is 1. The Morgan fingerprint density at radius 2 is 1.33 bits per heavy atom. The van der Waals surface area contributed by atoms with Crippen molar-refractivity contribution >= 4 is 23.6 Å². The summed E-state index contributed by atoms with van der Waals surface area (Å²) in [7, 11) is 0. The minimum atomic E-state index is -1.08. The number of ketones is 1. The molecule has 3 aromatic carbocycles. The van der Waals surface area contributed by atoms with Crippen LogP contribution in [0.25, 0.3) is 0 Å². The summed E-state index contributed by atoms with van der Waals surface area (Å²) in [6.07, 6.45) is 0. The van der Waals surface area contributed by atoms with Gasteiger partial charge in [-0.25, -0.2) is 4.79 Å². The van der Waals surface area contributed by atoms with E-state index < -0.39 is 23.8 Å². The molecule has 0 aromatic heterocycles. The molecule has 0 bridgehead atoms. The van der Waals surface area contributed by atoms with E-state index in [0.29, 0.717) is 5.56 Å². The number of aromatic carboxylic acids is 1. The SMILES string of the molecule is C[C@H](c1ccccc1)N1C(=O)c2ccc(C(=O)c3ccc(C(=O)O)cc3)cc2C1=O. The lowest BCUT2D eigenvalue weighted by molar-refractivity contribution is 0.0593. The van der Waals surface area contributed by atoms with Gasteiger partial charge >= 0.3 is 5.97 Å². The molecule has 6 nitrogen and oxygen atoms in total. The Hall–Kier alpha value is -4.06. The molecular weight excluding hydrogens is 382 g/mol. The zero-order valence-corrected chi connectivity index (χ0v) is 16.0. The Labute approximate surface area is 172 Å². The summed E-state index contributed by atoms with van der Waals surface area (Å²) in [5, 5.41) is 8.98. The van der Waals surface area contributed by atoms with E-state index >= 15 is 0 Å². The molecule has 1 aliphatic heterocycles. The highest BCUT2D eigenvalue weighted by Crippen LogP contribution is 2.32. The summed E-state index contributed by atoms with van der Waals surface area (Å²) in [6, 6.07) is 18.8. The predicted octanol–water partition coefficient (Wildman–Crippen LogP) is 3.97. The number of nitrogens with zero attached hydrogens (tertiary/aromatic N) is 1. The third-order valence-corrected chi connectivity index (χ3v) is 5.24. The largest absolute Gasteiger partial charge is 0.478 e. The van der Waals surface area contributed by atoms with Crippen LogP contribution in [0, 0.1) is 0 Å². The van der Waals surface area contributed by atoms with Gasteiger partial charge in [0.25, 0.3) is 11.8 Å². The molecule has 4 rings (SSSR count). The molecule has 1 N–H and O–H groups in total. The number of fused-ring (bicyclic) bond motifs is 1. The minimum Gasteiger partial charge on any atom is -0.478 e. The maximum atomic E-state index is 13.0. The molecule has 1 heterocycles. The first kappa shape index (κ1) is 19.3. The van der Waals surface area contributed by atoms with E-state index in [1.807, 2.05) is 30.3 Å². The molecule has 0 unspecified atom stereocenters. The van der Waals surface area contributed by atoms with E-state index in [2.05, 4.69) is 0 Å². The van der Waals surface area contributed by atoms with Gasteiger partial charge in [-0.1, -0.05) is 48.5 Å². The second kappa shape index (κ2) is 7.40. The highest BCUT2D eigenvalue weighted by atomic mass is 16.4. The standard InChI is InChI=1S/C24H17NO5/c1-14(15-5-3-2-4-6-15)25-22(27)19-12-11-18(13-20(19)23(25)28)21(26)16-7-9-17(10-8-16)24(29)30/h2-14H,1H3,(H,29,30)/t14-/m1/s1. The first-order valence-electron chi connectivity index (χ1n) is 9.33. The number of carbonyl (C=O) groups excluding carboxylic acids is 3. The van der Waals surface area contributed by atoms with Gasteiger partial charge in [-0.2, -0.15) is 0 Å². The molecule has 0 radical (unpaired) electrons. The van der Waals surface area contributed by atoms with Gasteiger partial charge in [0.1, 0.15) is 0 Å². The molecule has 0 fully saturated rings. The normalized spacial score (nSPS) is 13.8. The Balaban J connectivity index is 1.65. The topological polar surface area (TPSA) is 91.8 Å². The van der Waals surface area contributed by atoms with Gasteiger partial charge in [0.15, 0.2) is 5.78 Å². The third kappa shape index (κ3) is 3.18. The molecule has 148 valence electrons. The minimum absolute atomic E-state index is 0.0758. The van der Waals surface area contributed by atoms with Crippen molar-refractivity contribution in [3.8, 4) is 0 Å². The number of carboxylic acid groups (broad SMARTS) is 1. The van der Waals surface area contributed by atoms with E-state index in [1.165, 1.54) is 47.4 Å². The number of rotatable bonds is 5. The summed E-state index contributed by atoms with van der Waals surface area (Å²) in [5.41, 5.74) is 1.92. The number of hydrogen-bond acceptors (Lipinski definition) is 4. The molecule has 0 aliphatic carbocycles. The van der Waals surface area contributed by atoms with E-state index in [-0.39, 0.29) is 28.0 Å². The van der Waals surface area contributed by atoms with Crippen molar-refractivity contribution in [2.75, 3.05) is 0 Å². The maximum Gasteiger partial charge on any atom is 0.335 e. The van der Waals surface area contributed by atoms with Crippen LogP contribution in [0.15, 0.2) is 72.8 Å². The number of imide groups is 1. The molecule has 1 aliphatic rings. The zero-order chi connectivity index (χ0) is 21.4. The van der Waals surface area contributed by atoms with E-state index in [1.54, 1.807) is 6.92 Å². The van der Waals surface area contributed by atoms with Crippen molar-refractivity contribution in [2.24, 2.45) is 0 Å². The maximum absolute atomic E-state index is 13.0. The van der Waals surface area contributed by atoms with Gasteiger partial charge in [-0.05, 0) is 36.8 Å². The van der Waals surface area contributed by atoms with E-state index in [0.717, 1.165) is 5.56 Å².